The van der Waals surface area contributed by atoms with Crippen LogP contribution in [0.1, 0.15) is 31.4 Å². The molecule has 3 heteroatoms. The molecule has 2 nitrogen and oxygen atoms in total. The molecule has 1 heterocycles. The molecule has 1 fully saturated rings. The minimum Gasteiger partial charge on any atom is -0.367 e. The second-order valence-corrected chi connectivity index (χ2v) is 6.00. The van der Waals surface area contributed by atoms with E-state index in [1.54, 1.807) is 0 Å². The van der Waals surface area contributed by atoms with E-state index in [0.717, 1.165) is 17.8 Å². The number of para-hydroxylation sites is 1. The van der Waals surface area contributed by atoms with Crippen molar-refractivity contribution in [2.24, 2.45) is 0 Å². The fourth-order valence-corrected chi connectivity index (χ4v) is 3.51. The molecule has 1 aliphatic rings. The second-order valence-electron chi connectivity index (χ2n) is 5.62. The lowest BCUT2D eigenvalue weighted by Crippen LogP contribution is -2.35. The number of aryl methyl sites for hydroxylation is 1. The molecule has 0 spiro atoms. The average Bonchev–Trinajstić information content (AvgIpc) is 2.98. The Morgan fingerprint density at radius 3 is 2.75 bits per heavy atom. The van der Waals surface area contributed by atoms with Gasteiger partial charge in [0.25, 0.3) is 0 Å². The van der Waals surface area contributed by atoms with Gasteiger partial charge in [0.05, 0.1) is 5.52 Å². The third-order valence-electron chi connectivity index (χ3n) is 4.22. The van der Waals surface area contributed by atoms with Gasteiger partial charge in [-0.2, -0.15) is 0 Å². The molecule has 1 aromatic carbocycles. The highest BCUT2D eigenvalue weighted by Crippen LogP contribution is 2.33. The lowest BCUT2D eigenvalue weighted by molar-refractivity contribution is 0.622. The van der Waals surface area contributed by atoms with Gasteiger partial charge in [0.1, 0.15) is 0 Å². The van der Waals surface area contributed by atoms with Crippen LogP contribution in [-0.4, -0.2) is 23.5 Å². The molecular weight excluding hydrogens is 268 g/mol. The zero-order valence-electron chi connectivity index (χ0n) is 12.0. The number of rotatable bonds is 4. The predicted molar refractivity (Wildman–Crippen MR) is 86.8 cm³/mol. The van der Waals surface area contributed by atoms with Crippen molar-refractivity contribution in [1.82, 2.24) is 4.98 Å². The van der Waals surface area contributed by atoms with E-state index < -0.39 is 0 Å². The average molecular weight is 289 g/mol. The van der Waals surface area contributed by atoms with Crippen LogP contribution in [0.5, 0.6) is 0 Å². The Labute approximate surface area is 125 Å². The topological polar surface area (TPSA) is 16.1 Å². The van der Waals surface area contributed by atoms with Crippen LogP contribution < -0.4 is 4.90 Å². The normalized spacial score (nSPS) is 15.9. The molecule has 0 bridgehead atoms. The molecule has 0 aliphatic heterocycles. The van der Waals surface area contributed by atoms with E-state index in [1.165, 1.54) is 36.8 Å². The zero-order chi connectivity index (χ0) is 13.9. The second kappa shape index (κ2) is 6.01. The summed E-state index contributed by atoms with van der Waals surface area (Å²) in [6.07, 6.45) is 5.25. The van der Waals surface area contributed by atoms with Gasteiger partial charge in [-0.3, -0.25) is 4.98 Å². The SMILES string of the molecule is Cc1cc(N(CCCl)C2CCCC2)c2ccccc2n1. The summed E-state index contributed by atoms with van der Waals surface area (Å²) in [5.74, 6) is 0.673. The Bertz CT molecular complexity index is 591. The minimum atomic E-state index is 0.638. The van der Waals surface area contributed by atoms with Crippen molar-refractivity contribution in [3.05, 3.63) is 36.0 Å². The first-order valence-electron chi connectivity index (χ1n) is 7.48. The van der Waals surface area contributed by atoms with Crippen LogP contribution in [0.25, 0.3) is 10.9 Å². The van der Waals surface area contributed by atoms with Gasteiger partial charge >= 0.3 is 0 Å². The van der Waals surface area contributed by atoms with Gasteiger partial charge in [0.15, 0.2) is 0 Å². The van der Waals surface area contributed by atoms with Gasteiger partial charge in [-0.05, 0) is 31.9 Å². The van der Waals surface area contributed by atoms with Gasteiger partial charge in [0, 0.05) is 35.2 Å². The summed E-state index contributed by atoms with van der Waals surface area (Å²) in [5, 5.41) is 1.25. The van der Waals surface area contributed by atoms with Gasteiger partial charge in [-0.25, -0.2) is 0 Å². The number of pyridine rings is 1. The maximum atomic E-state index is 6.06. The Hall–Kier alpha value is -1.28. The van der Waals surface area contributed by atoms with E-state index in [2.05, 4.69) is 47.1 Å². The Balaban J connectivity index is 2.09. The first-order valence-corrected chi connectivity index (χ1v) is 8.02. The first-order chi connectivity index (χ1) is 9.79. The smallest absolute Gasteiger partial charge is 0.0726 e. The molecule has 1 saturated carbocycles. The van der Waals surface area contributed by atoms with E-state index in [-0.39, 0.29) is 0 Å². The van der Waals surface area contributed by atoms with Crippen LogP contribution in [0.3, 0.4) is 0 Å². The van der Waals surface area contributed by atoms with Crippen molar-refractivity contribution in [3.63, 3.8) is 0 Å². The summed E-state index contributed by atoms with van der Waals surface area (Å²) in [5.41, 5.74) is 3.47. The fraction of sp³-hybridized carbons (Fsp3) is 0.471. The molecule has 0 radical (unpaired) electrons. The third kappa shape index (κ3) is 2.62. The summed E-state index contributed by atoms with van der Waals surface area (Å²) in [7, 11) is 0. The predicted octanol–water partition coefficient (Wildman–Crippen LogP) is 4.53. The van der Waals surface area contributed by atoms with Crippen molar-refractivity contribution < 1.29 is 0 Å². The summed E-state index contributed by atoms with van der Waals surface area (Å²) in [4.78, 5) is 7.16. The van der Waals surface area contributed by atoms with E-state index in [0.29, 0.717) is 11.9 Å². The van der Waals surface area contributed by atoms with Gasteiger partial charge in [0.2, 0.25) is 0 Å². The maximum Gasteiger partial charge on any atom is 0.0726 e. The number of fused-ring (bicyclic) bond motifs is 1. The molecule has 0 atom stereocenters. The molecular formula is C17H21ClN2. The lowest BCUT2D eigenvalue weighted by Gasteiger charge is -2.31. The molecule has 1 aromatic heterocycles. The van der Waals surface area contributed by atoms with Gasteiger partial charge < -0.3 is 4.90 Å². The van der Waals surface area contributed by atoms with Gasteiger partial charge in [-0.1, -0.05) is 31.0 Å². The molecule has 0 N–H and O–H groups in total. The largest absolute Gasteiger partial charge is 0.367 e. The van der Waals surface area contributed by atoms with Crippen LogP contribution in [0.15, 0.2) is 30.3 Å². The Morgan fingerprint density at radius 1 is 1.25 bits per heavy atom. The number of hydrogen-bond acceptors (Lipinski definition) is 2. The number of nitrogens with zero attached hydrogens (tertiary/aromatic N) is 2. The van der Waals surface area contributed by atoms with Crippen molar-refractivity contribution in [3.8, 4) is 0 Å². The van der Waals surface area contributed by atoms with E-state index in [4.69, 9.17) is 11.6 Å². The van der Waals surface area contributed by atoms with Crippen LogP contribution in [0.4, 0.5) is 5.69 Å². The monoisotopic (exact) mass is 288 g/mol. The van der Waals surface area contributed by atoms with Crippen molar-refractivity contribution in [1.29, 1.82) is 0 Å². The number of halogens is 1. The third-order valence-corrected chi connectivity index (χ3v) is 4.39. The highest BCUT2D eigenvalue weighted by Gasteiger charge is 2.24. The highest BCUT2D eigenvalue weighted by atomic mass is 35.5. The van der Waals surface area contributed by atoms with Crippen LogP contribution in [-0.2, 0) is 0 Å². The van der Waals surface area contributed by atoms with Crippen molar-refractivity contribution >= 4 is 28.2 Å². The molecule has 0 amide bonds. The van der Waals surface area contributed by atoms with Crippen LogP contribution in [0, 0.1) is 6.92 Å². The molecule has 3 rings (SSSR count). The molecule has 0 saturated heterocycles. The molecule has 106 valence electrons. The first kappa shape index (κ1) is 13.7. The maximum absolute atomic E-state index is 6.06. The highest BCUT2D eigenvalue weighted by molar-refractivity contribution is 6.18. The summed E-state index contributed by atoms with van der Waals surface area (Å²) in [6.45, 7) is 2.99. The van der Waals surface area contributed by atoms with E-state index in [1.807, 2.05) is 0 Å². The van der Waals surface area contributed by atoms with Crippen LogP contribution in [0.2, 0.25) is 0 Å². The molecule has 20 heavy (non-hydrogen) atoms. The number of hydrogen-bond donors (Lipinski definition) is 0. The fourth-order valence-electron chi connectivity index (χ4n) is 3.33. The van der Waals surface area contributed by atoms with E-state index >= 15 is 0 Å². The molecule has 0 unspecified atom stereocenters. The zero-order valence-corrected chi connectivity index (χ0v) is 12.7. The summed E-state index contributed by atoms with van der Waals surface area (Å²) in [6, 6.07) is 11.3. The Morgan fingerprint density at radius 2 is 2.00 bits per heavy atom. The lowest BCUT2D eigenvalue weighted by atomic mass is 10.1. The summed E-state index contributed by atoms with van der Waals surface area (Å²) < 4.78 is 0. The quantitative estimate of drug-likeness (QED) is 0.768. The van der Waals surface area contributed by atoms with E-state index in [9.17, 15) is 0 Å². The number of benzene rings is 1. The number of aromatic nitrogens is 1. The molecule has 1 aliphatic carbocycles. The number of anilines is 1. The van der Waals surface area contributed by atoms with Crippen LogP contribution >= 0.6 is 11.6 Å². The van der Waals surface area contributed by atoms with Gasteiger partial charge in [-0.15, -0.1) is 11.6 Å². The summed E-state index contributed by atoms with van der Waals surface area (Å²) >= 11 is 6.06. The minimum absolute atomic E-state index is 0.638. The molecule has 2 aromatic rings. The number of alkyl halides is 1. The standard InChI is InChI=1S/C17H21ClN2/c1-13-12-17(15-8-4-5-9-16(15)19-13)20(11-10-18)14-6-2-3-7-14/h4-5,8-9,12,14H,2-3,6-7,10-11H2,1H3. The van der Waals surface area contributed by atoms with Crippen molar-refractivity contribution in [2.45, 2.75) is 38.6 Å². The Kier molecular flexibility index (Phi) is 4.11. The van der Waals surface area contributed by atoms with Crippen molar-refractivity contribution in [2.75, 3.05) is 17.3 Å².